The van der Waals surface area contributed by atoms with Gasteiger partial charge in [0.1, 0.15) is 11.6 Å². The quantitative estimate of drug-likeness (QED) is 0.411. The Morgan fingerprint density at radius 3 is 2.46 bits per heavy atom. The van der Waals surface area contributed by atoms with Crippen LogP contribution in [0.1, 0.15) is 30.9 Å². The van der Waals surface area contributed by atoms with Gasteiger partial charge in [0.25, 0.3) is 0 Å². The van der Waals surface area contributed by atoms with Gasteiger partial charge in [0.15, 0.2) is 0 Å². The molecule has 2 atom stereocenters. The lowest BCUT2D eigenvalue weighted by Crippen LogP contribution is -2.49. The van der Waals surface area contributed by atoms with Crippen LogP contribution in [0.3, 0.4) is 0 Å². The molecular formula is C27H29F2N3O3. The van der Waals surface area contributed by atoms with E-state index in [1.54, 1.807) is 13.3 Å². The fourth-order valence-electron chi connectivity index (χ4n) is 4.33. The van der Waals surface area contributed by atoms with Crippen LogP contribution in [0.25, 0.3) is 11.1 Å². The van der Waals surface area contributed by atoms with Crippen molar-refractivity contribution in [3.8, 4) is 17.0 Å². The lowest BCUT2D eigenvalue weighted by atomic mass is 9.97. The Labute approximate surface area is 203 Å². The number of ether oxygens (including phenoxy) is 1. The first-order valence-electron chi connectivity index (χ1n) is 11.5. The minimum Gasteiger partial charge on any atom is -0.481 e. The number of aromatic nitrogens is 1. The molecule has 0 radical (unpaired) electrons. The normalized spacial score (nSPS) is 15.8. The number of amides is 1. The van der Waals surface area contributed by atoms with Crippen LogP contribution in [-0.4, -0.2) is 41.8 Å². The van der Waals surface area contributed by atoms with Crippen molar-refractivity contribution in [2.24, 2.45) is 0 Å². The lowest BCUT2D eigenvalue weighted by molar-refractivity contribution is -0.120. The number of carbonyl (C=O) groups is 1. The van der Waals surface area contributed by atoms with E-state index in [4.69, 9.17) is 4.74 Å². The number of nitrogens with zero attached hydrogens (tertiary/aromatic N) is 1. The van der Waals surface area contributed by atoms with Crippen LogP contribution in [0, 0.1) is 11.6 Å². The molecule has 1 aliphatic rings. The van der Waals surface area contributed by atoms with E-state index in [9.17, 15) is 18.7 Å². The molecule has 0 aliphatic heterocycles. The summed E-state index contributed by atoms with van der Waals surface area (Å²) in [5.41, 5.74) is 3.18. The van der Waals surface area contributed by atoms with E-state index in [-0.39, 0.29) is 24.4 Å². The highest BCUT2D eigenvalue weighted by Gasteiger charge is 2.44. The van der Waals surface area contributed by atoms with Crippen molar-refractivity contribution >= 4 is 5.91 Å². The standard InChI is InChI=1S/C27H29F2N3O3/c1-17(33)32-24(12-18-10-22(28)14-23(29)11-18)25(34)16-31-27(8-9-27)21-5-3-4-19(13-21)20-6-7-26(35-2)30-15-20/h3-7,10-11,13-15,24-25,31,34H,8-9,12,16H2,1-2H3,(H,32,33). The molecule has 0 bridgehead atoms. The maximum absolute atomic E-state index is 13.6. The number of halogens is 2. The van der Waals surface area contributed by atoms with Gasteiger partial charge >= 0.3 is 0 Å². The number of carbonyl (C=O) groups excluding carboxylic acids is 1. The van der Waals surface area contributed by atoms with Crippen molar-refractivity contribution in [2.75, 3.05) is 13.7 Å². The van der Waals surface area contributed by atoms with Gasteiger partial charge in [0.05, 0.1) is 19.3 Å². The molecule has 1 heterocycles. The second kappa shape index (κ2) is 10.5. The molecule has 1 fully saturated rings. The highest BCUT2D eigenvalue weighted by Crippen LogP contribution is 2.46. The summed E-state index contributed by atoms with van der Waals surface area (Å²) >= 11 is 0. The van der Waals surface area contributed by atoms with Gasteiger partial charge in [-0.3, -0.25) is 4.79 Å². The SMILES string of the molecule is COc1ccc(-c2cccc(C3(NCC(O)C(Cc4cc(F)cc(F)c4)NC(C)=O)CC3)c2)cn1. The molecule has 35 heavy (non-hydrogen) atoms. The van der Waals surface area contributed by atoms with Gasteiger partial charge < -0.3 is 20.5 Å². The molecule has 184 valence electrons. The summed E-state index contributed by atoms with van der Waals surface area (Å²) in [7, 11) is 1.58. The van der Waals surface area contributed by atoms with Crippen LogP contribution in [0.4, 0.5) is 8.78 Å². The number of rotatable bonds is 10. The molecule has 2 aromatic carbocycles. The Hall–Kier alpha value is -3.36. The molecule has 1 amide bonds. The van der Waals surface area contributed by atoms with Gasteiger partial charge in [-0.1, -0.05) is 18.2 Å². The Kier molecular flexibility index (Phi) is 7.42. The number of hydrogen-bond acceptors (Lipinski definition) is 5. The van der Waals surface area contributed by atoms with Crippen LogP contribution < -0.4 is 15.4 Å². The van der Waals surface area contributed by atoms with Crippen LogP contribution in [0.5, 0.6) is 5.88 Å². The smallest absolute Gasteiger partial charge is 0.217 e. The topological polar surface area (TPSA) is 83.5 Å². The first kappa shape index (κ1) is 24.8. The fourth-order valence-corrected chi connectivity index (χ4v) is 4.33. The first-order chi connectivity index (χ1) is 16.8. The zero-order valence-corrected chi connectivity index (χ0v) is 19.7. The van der Waals surface area contributed by atoms with Crippen molar-refractivity contribution in [3.63, 3.8) is 0 Å². The minimum atomic E-state index is -0.961. The molecule has 4 rings (SSSR count). The third-order valence-corrected chi connectivity index (χ3v) is 6.32. The second-order valence-corrected chi connectivity index (χ2v) is 8.99. The first-order valence-corrected chi connectivity index (χ1v) is 11.5. The summed E-state index contributed by atoms with van der Waals surface area (Å²) in [5.74, 6) is -1.17. The van der Waals surface area contributed by atoms with Gasteiger partial charge in [-0.05, 0) is 60.2 Å². The highest BCUT2D eigenvalue weighted by molar-refractivity contribution is 5.73. The third kappa shape index (κ3) is 6.21. The lowest BCUT2D eigenvalue weighted by Gasteiger charge is -2.27. The Balaban J connectivity index is 1.45. The molecule has 1 aromatic heterocycles. The molecule has 0 spiro atoms. The van der Waals surface area contributed by atoms with Gasteiger partial charge in [0.2, 0.25) is 11.8 Å². The Bertz CT molecular complexity index is 1160. The Morgan fingerprint density at radius 2 is 1.86 bits per heavy atom. The zero-order chi connectivity index (χ0) is 25.0. The maximum Gasteiger partial charge on any atom is 0.217 e. The van der Waals surface area contributed by atoms with E-state index in [1.807, 2.05) is 30.3 Å². The van der Waals surface area contributed by atoms with E-state index in [0.29, 0.717) is 11.4 Å². The van der Waals surface area contributed by atoms with Crippen LogP contribution >= 0.6 is 0 Å². The average Bonchev–Trinajstić information content (AvgIpc) is 3.63. The van der Waals surface area contributed by atoms with Gasteiger partial charge in [-0.2, -0.15) is 0 Å². The molecular weight excluding hydrogens is 452 g/mol. The predicted molar refractivity (Wildman–Crippen MR) is 129 cm³/mol. The fraction of sp³-hybridized carbons (Fsp3) is 0.333. The Morgan fingerprint density at radius 1 is 1.11 bits per heavy atom. The minimum absolute atomic E-state index is 0.101. The average molecular weight is 482 g/mol. The highest BCUT2D eigenvalue weighted by atomic mass is 19.1. The molecule has 3 N–H and O–H groups in total. The number of nitrogens with one attached hydrogen (secondary N) is 2. The molecule has 1 aliphatic carbocycles. The van der Waals surface area contributed by atoms with E-state index in [2.05, 4.69) is 21.7 Å². The summed E-state index contributed by atoms with van der Waals surface area (Å²) in [5, 5.41) is 17.1. The number of pyridine rings is 1. The van der Waals surface area contributed by atoms with Crippen LogP contribution in [0.2, 0.25) is 0 Å². The van der Waals surface area contributed by atoms with E-state index in [1.165, 1.54) is 19.1 Å². The molecule has 3 aromatic rings. The summed E-state index contributed by atoms with van der Waals surface area (Å²) in [6.07, 6.45) is 2.72. The van der Waals surface area contributed by atoms with E-state index in [0.717, 1.165) is 35.6 Å². The summed E-state index contributed by atoms with van der Waals surface area (Å²) in [6.45, 7) is 1.55. The monoisotopic (exact) mass is 481 g/mol. The largest absolute Gasteiger partial charge is 0.481 e. The van der Waals surface area contributed by atoms with Crippen molar-refractivity contribution < 1.29 is 23.4 Å². The summed E-state index contributed by atoms with van der Waals surface area (Å²) in [6, 6.07) is 14.4. The van der Waals surface area contributed by atoms with Crippen molar-refractivity contribution in [1.29, 1.82) is 0 Å². The van der Waals surface area contributed by atoms with E-state index >= 15 is 0 Å². The molecule has 0 saturated heterocycles. The number of benzene rings is 2. The number of methoxy groups -OCH3 is 1. The predicted octanol–water partition coefficient (Wildman–Crippen LogP) is 3.72. The van der Waals surface area contributed by atoms with Crippen molar-refractivity contribution in [1.82, 2.24) is 15.6 Å². The number of aliphatic hydroxyl groups is 1. The molecule has 8 heteroatoms. The molecule has 2 unspecified atom stereocenters. The molecule has 1 saturated carbocycles. The molecule has 6 nitrogen and oxygen atoms in total. The zero-order valence-electron chi connectivity index (χ0n) is 19.7. The van der Waals surface area contributed by atoms with Crippen LogP contribution in [-0.2, 0) is 16.8 Å². The van der Waals surface area contributed by atoms with Gasteiger partial charge in [-0.25, -0.2) is 13.8 Å². The van der Waals surface area contributed by atoms with Crippen molar-refractivity contribution in [2.45, 2.75) is 43.9 Å². The van der Waals surface area contributed by atoms with Crippen molar-refractivity contribution in [3.05, 3.63) is 83.6 Å². The number of hydrogen-bond donors (Lipinski definition) is 3. The second-order valence-electron chi connectivity index (χ2n) is 8.99. The summed E-state index contributed by atoms with van der Waals surface area (Å²) < 4.78 is 32.4. The van der Waals surface area contributed by atoms with Gasteiger partial charge in [-0.15, -0.1) is 0 Å². The third-order valence-electron chi connectivity index (χ3n) is 6.32. The van der Waals surface area contributed by atoms with E-state index < -0.39 is 23.8 Å². The summed E-state index contributed by atoms with van der Waals surface area (Å²) in [4.78, 5) is 16.0. The van der Waals surface area contributed by atoms with Gasteiger partial charge in [0, 0.05) is 42.9 Å². The van der Waals surface area contributed by atoms with Crippen LogP contribution in [0.15, 0.2) is 60.8 Å². The number of aliphatic hydroxyl groups excluding tert-OH is 1. The maximum atomic E-state index is 13.6.